The van der Waals surface area contributed by atoms with Crippen molar-refractivity contribution in [3.63, 3.8) is 0 Å². The SMILES string of the molecule is O=C1C(=O)c2ccccc2C(O)=C1CN1CCCC1. The van der Waals surface area contributed by atoms with Crippen molar-refractivity contribution in [2.24, 2.45) is 0 Å². The van der Waals surface area contributed by atoms with Crippen LogP contribution >= 0.6 is 0 Å². The number of Topliss-reactive ketones (excluding diaryl/α,β-unsaturated/α-hetero) is 2. The number of nitrogens with zero attached hydrogens (tertiary/aromatic N) is 1. The van der Waals surface area contributed by atoms with Crippen LogP contribution in [0.4, 0.5) is 0 Å². The number of hydrogen-bond acceptors (Lipinski definition) is 4. The van der Waals surface area contributed by atoms with Crippen LogP contribution in [0.1, 0.15) is 28.8 Å². The normalized spacial score (nSPS) is 20.0. The van der Waals surface area contributed by atoms with Crippen LogP contribution < -0.4 is 0 Å². The van der Waals surface area contributed by atoms with Gasteiger partial charge in [0.1, 0.15) is 5.76 Å². The zero-order valence-electron chi connectivity index (χ0n) is 10.6. The number of benzene rings is 1. The Hall–Kier alpha value is -1.94. The lowest BCUT2D eigenvalue weighted by Crippen LogP contribution is -2.32. The number of carbonyl (C=O) groups excluding carboxylic acids is 2. The molecule has 0 atom stereocenters. The molecule has 4 heteroatoms. The van der Waals surface area contributed by atoms with Crippen molar-refractivity contribution < 1.29 is 14.7 Å². The fraction of sp³-hybridized carbons (Fsp3) is 0.333. The van der Waals surface area contributed by atoms with E-state index in [0.29, 0.717) is 17.7 Å². The summed E-state index contributed by atoms with van der Waals surface area (Å²) in [6, 6.07) is 6.71. The molecule has 0 radical (unpaired) electrons. The van der Waals surface area contributed by atoms with E-state index in [0.717, 1.165) is 25.9 Å². The van der Waals surface area contributed by atoms with Crippen LogP contribution in [0.3, 0.4) is 0 Å². The molecule has 1 heterocycles. The molecular formula is C15H15NO3. The molecule has 98 valence electrons. The van der Waals surface area contributed by atoms with E-state index in [4.69, 9.17) is 0 Å². The molecule has 0 amide bonds. The van der Waals surface area contributed by atoms with Crippen molar-refractivity contribution in [2.75, 3.05) is 19.6 Å². The van der Waals surface area contributed by atoms with E-state index in [1.54, 1.807) is 24.3 Å². The third-order valence-electron chi connectivity index (χ3n) is 3.77. The van der Waals surface area contributed by atoms with Gasteiger partial charge in [-0.3, -0.25) is 14.5 Å². The zero-order chi connectivity index (χ0) is 13.4. The second-order valence-corrected chi connectivity index (χ2v) is 5.01. The number of likely N-dealkylation sites (tertiary alicyclic amines) is 1. The van der Waals surface area contributed by atoms with Crippen LogP contribution in [0.2, 0.25) is 0 Å². The van der Waals surface area contributed by atoms with Crippen molar-refractivity contribution in [1.29, 1.82) is 0 Å². The summed E-state index contributed by atoms with van der Waals surface area (Å²) in [6.45, 7) is 2.20. The molecule has 1 fully saturated rings. The summed E-state index contributed by atoms with van der Waals surface area (Å²) in [6.07, 6.45) is 2.21. The second kappa shape index (κ2) is 4.63. The average molecular weight is 257 g/mol. The van der Waals surface area contributed by atoms with Crippen LogP contribution in [-0.2, 0) is 4.79 Å². The molecule has 1 aromatic rings. The quantitative estimate of drug-likeness (QED) is 0.821. The minimum Gasteiger partial charge on any atom is -0.507 e. The molecule has 1 aromatic carbocycles. The average Bonchev–Trinajstić information content (AvgIpc) is 2.94. The smallest absolute Gasteiger partial charge is 0.234 e. The number of hydrogen-bond donors (Lipinski definition) is 1. The van der Waals surface area contributed by atoms with Crippen LogP contribution in [0.15, 0.2) is 29.8 Å². The highest BCUT2D eigenvalue weighted by Crippen LogP contribution is 2.28. The van der Waals surface area contributed by atoms with Gasteiger partial charge in [0.25, 0.3) is 0 Å². The summed E-state index contributed by atoms with van der Waals surface area (Å²) in [7, 11) is 0. The predicted octanol–water partition coefficient (Wildman–Crippen LogP) is 1.82. The highest BCUT2D eigenvalue weighted by molar-refractivity contribution is 6.52. The maximum atomic E-state index is 12.1. The van der Waals surface area contributed by atoms with Crippen molar-refractivity contribution in [3.8, 4) is 0 Å². The van der Waals surface area contributed by atoms with Crippen molar-refractivity contribution in [3.05, 3.63) is 41.0 Å². The molecule has 1 saturated heterocycles. The molecule has 0 spiro atoms. The maximum Gasteiger partial charge on any atom is 0.234 e. The number of rotatable bonds is 2. The van der Waals surface area contributed by atoms with Crippen LogP contribution in [0, 0.1) is 0 Å². The Balaban J connectivity index is 2.02. The lowest BCUT2D eigenvalue weighted by atomic mass is 9.88. The highest BCUT2D eigenvalue weighted by Gasteiger charge is 2.33. The Kier molecular flexibility index (Phi) is 2.95. The Bertz CT molecular complexity index is 583. The standard InChI is InChI=1S/C15H15NO3/c17-13-10-5-1-2-6-11(10)14(18)15(19)12(13)9-16-7-3-4-8-16/h1-2,5-6,17H,3-4,7-9H2. The van der Waals surface area contributed by atoms with Gasteiger partial charge in [-0.15, -0.1) is 0 Å². The first-order chi connectivity index (χ1) is 9.18. The summed E-state index contributed by atoms with van der Waals surface area (Å²) in [4.78, 5) is 26.2. The maximum absolute atomic E-state index is 12.1. The van der Waals surface area contributed by atoms with E-state index in [-0.39, 0.29) is 11.3 Å². The van der Waals surface area contributed by atoms with Gasteiger partial charge in [0.15, 0.2) is 0 Å². The van der Waals surface area contributed by atoms with E-state index in [1.165, 1.54) is 0 Å². The lowest BCUT2D eigenvalue weighted by molar-refractivity contribution is -0.112. The van der Waals surface area contributed by atoms with Gasteiger partial charge < -0.3 is 5.11 Å². The number of ketones is 2. The minimum atomic E-state index is -0.567. The van der Waals surface area contributed by atoms with Gasteiger partial charge in [0.05, 0.1) is 5.57 Å². The number of aliphatic hydroxyl groups is 1. The fourth-order valence-electron chi connectivity index (χ4n) is 2.73. The molecule has 2 aliphatic rings. The van der Waals surface area contributed by atoms with Gasteiger partial charge in [0, 0.05) is 17.7 Å². The molecule has 4 nitrogen and oxygen atoms in total. The van der Waals surface area contributed by atoms with E-state index in [1.807, 2.05) is 0 Å². The molecule has 0 unspecified atom stereocenters. The highest BCUT2D eigenvalue weighted by atomic mass is 16.3. The Labute approximate surface area is 111 Å². The summed E-state index contributed by atoms with van der Waals surface area (Å²) in [5.74, 6) is -1.11. The van der Waals surface area contributed by atoms with Crippen molar-refractivity contribution >= 4 is 17.3 Å². The van der Waals surface area contributed by atoms with Gasteiger partial charge in [-0.05, 0) is 25.9 Å². The third-order valence-corrected chi connectivity index (χ3v) is 3.77. The largest absolute Gasteiger partial charge is 0.507 e. The van der Waals surface area contributed by atoms with Gasteiger partial charge in [-0.1, -0.05) is 24.3 Å². The Morgan fingerprint density at radius 1 is 1.00 bits per heavy atom. The van der Waals surface area contributed by atoms with Gasteiger partial charge in [-0.25, -0.2) is 0 Å². The first kappa shape index (κ1) is 12.1. The summed E-state index contributed by atoms with van der Waals surface area (Å²) < 4.78 is 0. The van der Waals surface area contributed by atoms with Crippen molar-refractivity contribution in [2.45, 2.75) is 12.8 Å². The van der Waals surface area contributed by atoms with Gasteiger partial charge >= 0.3 is 0 Å². The summed E-state index contributed by atoms with van der Waals surface area (Å²) >= 11 is 0. The van der Waals surface area contributed by atoms with Gasteiger partial charge in [0.2, 0.25) is 11.6 Å². The Morgan fingerprint density at radius 2 is 1.63 bits per heavy atom. The van der Waals surface area contributed by atoms with Crippen LogP contribution in [0.5, 0.6) is 0 Å². The zero-order valence-corrected chi connectivity index (χ0v) is 10.6. The molecule has 1 aliphatic carbocycles. The van der Waals surface area contributed by atoms with Crippen LogP contribution in [-0.4, -0.2) is 41.2 Å². The van der Waals surface area contributed by atoms with Crippen LogP contribution in [0.25, 0.3) is 5.76 Å². The van der Waals surface area contributed by atoms with E-state index in [2.05, 4.69) is 4.90 Å². The first-order valence-electron chi connectivity index (χ1n) is 6.51. The molecule has 0 saturated carbocycles. The Morgan fingerprint density at radius 3 is 2.32 bits per heavy atom. The number of fused-ring (bicyclic) bond motifs is 1. The molecule has 3 rings (SSSR count). The molecule has 0 aromatic heterocycles. The number of carbonyl (C=O) groups is 2. The summed E-state index contributed by atoms with van der Waals surface area (Å²) in [5.41, 5.74) is 1.02. The monoisotopic (exact) mass is 257 g/mol. The van der Waals surface area contributed by atoms with E-state index >= 15 is 0 Å². The minimum absolute atomic E-state index is 0.0351. The lowest BCUT2D eigenvalue weighted by Gasteiger charge is -2.21. The molecular weight excluding hydrogens is 242 g/mol. The second-order valence-electron chi connectivity index (χ2n) is 5.01. The predicted molar refractivity (Wildman–Crippen MR) is 71.0 cm³/mol. The molecule has 1 N–H and O–H groups in total. The molecule has 19 heavy (non-hydrogen) atoms. The molecule has 1 aliphatic heterocycles. The van der Waals surface area contributed by atoms with E-state index in [9.17, 15) is 14.7 Å². The summed E-state index contributed by atoms with van der Waals surface area (Å²) in [5, 5.41) is 10.2. The third kappa shape index (κ3) is 1.98. The number of aliphatic hydroxyl groups excluding tert-OH is 1. The topological polar surface area (TPSA) is 57.6 Å². The van der Waals surface area contributed by atoms with E-state index < -0.39 is 11.6 Å². The van der Waals surface area contributed by atoms with Crippen molar-refractivity contribution in [1.82, 2.24) is 4.90 Å². The fourth-order valence-corrected chi connectivity index (χ4v) is 2.73. The molecule has 0 bridgehead atoms. The first-order valence-corrected chi connectivity index (χ1v) is 6.51. The van der Waals surface area contributed by atoms with Gasteiger partial charge in [-0.2, -0.15) is 0 Å².